The topological polar surface area (TPSA) is 49.7 Å². The van der Waals surface area contributed by atoms with Crippen molar-refractivity contribution in [1.82, 2.24) is 0 Å². The molecule has 0 aromatic heterocycles. The summed E-state index contributed by atoms with van der Waals surface area (Å²) in [4.78, 5) is 17.0. The lowest BCUT2D eigenvalue weighted by Gasteiger charge is -2.04. The molecule has 11 heavy (non-hydrogen) atoms. The van der Waals surface area contributed by atoms with Crippen LogP contribution >= 0.6 is 24.5 Å². The second kappa shape index (κ2) is 4.02. The van der Waals surface area contributed by atoms with Crippen molar-refractivity contribution in [2.75, 3.05) is 0 Å². The number of halogens is 1. The third-order valence-electron chi connectivity index (χ3n) is 0.983. The van der Waals surface area contributed by atoms with Crippen molar-refractivity contribution in [3.05, 3.63) is 28.7 Å². The lowest BCUT2D eigenvalue weighted by Crippen LogP contribution is -1.83. The first-order valence-corrected chi connectivity index (χ1v) is 4.76. The zero-order chi connectivity index (χ0) is 8.27. The maximum absolute atomic E-state index is 8.48. The first-order valence-electron chi connectivity index (χ1n) is 2.80. The van der Waals surface area contributed by atoms with E-state index in [0.29, 0.717) is 5.75 Å². The first-order chi connectivity index (χ1) is 5.18. The third kappa shape index (κ3) is 3.16. The molecule has 0 unspecified atom stereocenters. The summed E-state index contributed by atoms with van der Waals surface area (Å²) in [5.41, 5.74) is 0. The Morgan fingerprint density at radius 1 is 1.36 bits per heavy atom. The molecule has 0 fully saturated rings. The average molecular weight is 237 g/mol. The van der Waals surface area contributed by atoms with Crippen LogP contribution in [0, 0.1) is 0 Å². The highest BCUT2D eigenvalue weighted by Crippen LogP contribution is 2.29. The molecule has 1 aromatic rings. The normalized spacial score (nSPS) is 10.2. The highest BCUT2D eigenvalue weighted by molar-refractivity contribution is 9.10. The van der Waals surface area contributed by atoms with E-state index < -0.39 is 8.60 Å². The molecule has 0 spiro atoms. The summed E-state index contributed by atoms with van der Waals surface area (Å²) >= 11 is 3.22. The van der Waals surface area contributed by atoms with E-state index in [0.717, 1.165) is 4.47 Å². The Kier molecular flexibility index (Phi) is 3.27. The van der Waals surface area contributed by atoms with Crippen LogP contribution in [0.2, 0.25) is 0 Å². The van der Waals surface area contributed by atoms with Gasteiger partial charge in [-0.15, -0.1) is 0 Å². The fraction of sp³-hybridized carbons (Fsp3) is 0. The molecular weight excluding hydrogens is 231 g/mol. The number of hydrogen-bond acceptors (Lipinski definition) is 3. The van der Waals surface area contributed by atoms with Gasteiger partial charge >= 0.3 is 8.60 Å². The molecule has 1 aromatic carbocycles. The van der Waals surface area contributed by atoms with Crippen molar-refractivity contribution in [3.63, 3.8) is 0 Å². The summed E-state index contributed by atoms with van der Waals surface area (Å²) in [6.07, 6.45) is 0. The molecule has 0 saturated carbocycles. The van der Waals surface area contributed by atoms with Crippen molar-refractivity contribution in [2.45, 2.75) is 0 Å². The molecule has 0 heterocycles. The third-order valence-corrected chi connectivity index (χ3v) is 1.85. The van der Waals surface area contributed by atoms with Gasteiger partial charge in [-0.3, -0.25) is 0 Å². The van der Waals surface area contributed by atoms with Crippen molar-refractivity contribution in [1.29, 1.82) is 0 Å². The monoisotopic (exact) mass is 236 g/mol. The van der Waals surface area contributed by atoms with Gasteiger partial charge in [-0.1, -0.05) is 22.0 Å². The molecule has 0 radical (unpaired) electrons. The molecule has 3 nitrogen and oxygen atoms in total. The fourth-order valence-electron chi connectivity index (χ4n) is 0.618. The minimum atomic E-state index is -2.31. The molecule has 0 bridgehead atoms. The van der Waals surface area contributed by atoms with Gasteiger partial charge in [0, 0.05) is 4.47 Å². The van der Waals surface area contributed by atoms with Crippen LogP contribution in [0.3, 0.4) is 0 Å². The van der Waals surface area contributed by atoms with E-state index in [-0.39, 0.29) is 0 Å². The predicted molar refractivity (Wildman–Crippen MR) is 46.1 cm³/mol. The van der Waals surface area contributed by atoms with Crippen molar-refractivity contribution in [2.24, 2.45) is 0 Å². The molecule has 2 N–H and O–H groups in total. The van der Waals surface area contributed by atoms with E-state index in [1.807, 2.05) is 6.07 Å². The van der Waals surface area contributed by atoms with Gasteiger partial charge in [-0.25, -0.2) is 0 Å². The number of benzene rings is 1. The molecule has 0 aliphatic rings. The van der Waals surface area contributed by atoms with Gasteiger partial charge in [0.05, 0.1) is 0 Å². The largest absolute Gasteiger partial charge is 0.427 e. The van der Waals surface area contributed by atoms with E-state index >= 15 is 0 Å². The zero-order valence-corrected chi connectivity index (χ0v) is 7.92. The standard InChI is InChI=1S/C6H6BrO3P/c7-5-2-1-3-6(4-5)10-11(8)9/h1-4,8-9H. The van der Waals surface area contributed by atoms with Gasteiger partial charge in [0.15, 0.2) is 0 Å². The van der Waals surface area contributed by atoms with Crippen LogP contribution in [-0.2, 0) is 0 Å². The second-order valence-electron chi connectivity index (χ2n) is 1.80. The molecule has 5 heteroatoms. The maximum Gasteiger partial charge on any atom is 0.391 e. The Morgan fingerprint density at radius 2 is 2.09 bits per heavy atom. The minimum absolute atomic E-state index is 0.440. The van der Waals surface area contributed by atoms with E-state index in [9.17, 15) is 0 Å². The predicted octanol–water partition coefficient (Wildman–Crippen LogP) is 2.04. The van der Waals surface area contributed by atoms with Gasteiger partial charge in [-0.2, -0.15) is 0 Å². The Hall–Kier alpha value is -0.150. The van der Waals surface area contributed by atoms with Crippen LogP contribution in [-0.4, -0.2) is 9.79 Å². The van der Waals surface area contributed by atoms with Crippen LogP contribution in [0.4, 0.5) is 0 Å². The van der Waals surface area contributed by atoms with E-state index in [2.05, 4.69) is 20.5 Å². The van der Waals surface area contributed by atoms with Gasteiger partial charge in [-0.05, 0) is 18.2 Å². The molecule has 0 aliphatic heterocycles. The van der Waals surface area contributed by atoms with Crippen LogP contribution in [0.5, 0.6) is 5.75 Å². The summed E-state index contributed by atoms with van der Waals surface area (Å²) in [7, 11) is -2.31. The fourth-order valence-corrected chi connectivity index (χ4v) is 1.30. The van der Waals surface area contributed by atoms with Crippen LogP contribution in [0.15, 0.2) is 28.7 Å². The van der Waals surface area contributed by atoms with Crippen LogP contribution in [0.25, 0.3) is 0 Å². The molecular formula is C6H6BrO3P. The summed E-state index contributed by atoms with van der Waals surface area (Å²) in [6, 6.07) is 6.87. The Labute approximate surface area is 73.8 Å². The van der Waals surface area contributed by atoms with Gasteiger partial charge in [0.1, 0.15) is 5.75 Å². The van der Waals surface area contributed by atoms with E-state index in [1.165, 1.54) is 0 Å². The maximum atomic E-state index is 8.48. The van der Waals surface area contributed by atoms with E-state index in [4.69, 9.17) is 9.79 Å². The summed E-state index contributed by atoms with van der Waals surface area (Å²) < 4.78 is 5.48. The smallest absolute Gasteiger partial charge is 0.391 e. The molecule has 0 atom stereocenters. The zero-order valence-electron chi connectivity index (χ0n) is 5.44. The molecule has 1 rings (SSSR count). The van der Waals surface area contributed by atoms with Crippen LogP contribution < -0.4 is 4.52 Å². The highest BCUT2D eigenvalue weighted by Gasteiger charge is 2.01. The lowest BCUT2D eigenvalue weighted by atomic mass is 10.3. The summed E-state index contributed by atoms with van der Waals surface area (Å²) in [6.45, 7) is 0. The van der Waals surface area contributed by atoms with Crippen molar-refractivity contribution >= 4 is 24.5 Å². The Bertz CT molecular complexity index is 241. The quantitative estimate of drug-likeness (QED) is 0.773. The lowest BCUT2D eigenvalue weighted by molar-refractivity contribution is 0.375. The van der Waals surface area contributed by atoms with Gasteiger partial charge < -0.3 is 14.3 Å². The molecule has 60 valence electrons. The Balaban J connectivity index is 2.71. The number of hydrogen-bond donors (Lipinski definition) is 2. The average Bonchev–Trinajstić information content (AvgIpc) is 1.85. The SMILES string of the molecule is OP(O)Oc1cccc(Br)c1. The van der Waals surface area contributed by atoms with Crippen molar-refractivity contribution < 1.29 is 14.3 Å². The van der Waals surface area contributed by atoms with Gasteiger partial charge in [0.2, 0.25) is 0 Å². The van der Waals surface area contributed by atoms with Crippen LogP contribution in [0.1, 0.15) is 0 Å². The molecule has 0 saturated heterocycles. The van der Waals surface area contributed by atoms with E-state index in [1.54, 1.807) is 18.2 Å². The Morgan fingerprint density at radius 3 is 2.64 bits per heavy atom. The summed E-state index contributed by atoms with van der Waals surface area (Å²) in [5.74, 6) is 0.440. The molecule has 0 amide bonds. The second-order valence-corrected chi connectivity index (χ2v) is 3.41. The van der Waals surface area contributed by atoms with Gasteiger partial charge in [0.25, 0.3) is 0 Å². The minimum Gasteiger partial charge on any atom is -0.427 e. The highest BCUT2D eigenvalue weighted by atomic mass is 79.9. The number of rotatable bonds is 2. The summed E-state index contributed by atoms with van der Waals surface area (Å²) in [5, 5.41) is 0. The van der Waals surface area contributed by atoms with Crippen molar-refractivity contribution in [3.8, 4) is 5.75 Å². The molecule has 0 aliphatic carbocycles. The first kappa shape index (κ1) is 8.94.